The van der Waals surface area contributed by atoms with Gasteiger partial charge >= 0.3 is 5.97 Å². The van der Waals surface area contributed by atoms with E-state index in [1.54, 1.807) is 19.1 Å². The van der Waals surface area contributed by atoms with E-state index in [1.807, 2.05) is 27.5 Å². The molecule has 1 aromatic rings. The fourth-order valence-corrected chi connectivity index (χ4v) is 3.00. The van der Waals surface area contributed by atoms with Gasteiger partial charge in [0.05, 0.1) is 10.3 Å². The van der Waals surface area contributed by atoms with Crippen molar-refractivity contribution in [3.05, 3.63) is 31.9 Å². The molecule has 0 aromatic heterocycles. The third kappa shape index (κ3) is 2.87. The molecule has 0 saturated carbocycles. The predicted octanol–water partition coefficient (Wildman–Crippen LogP) is 2.89. The molecule has 1 atom stereocenters. The molecular weight excluding hydrogens is 375 g/mol. The molecule has 1 heterocycles. The van der Waals surface area contributed by atoms with Crippen molar-refractivity contribution in [2.45, 2.75) is 19.8 Å². The van der Waals surface area contributed by atoms with E-state index in [0.717, 1.165) is 3.57 Å². The van der Waals surface area contributed by atoms with Gasteiger partial charge in [0.15, 0.2) is 0 Å². The van der Waals surface area contributed by atoms with Gasteiger partial charge in [0.25, 0.3) is 5.69 Å². The van der Waals surface area contributed by atoms with Crippen LogP contribution < -0.4 is 4.90 Å². The molecule has 1 unspecified atom stereocenters. The summed E-state index contributed by atoms with van der Waals surface area (Å²) in [6.07, 6.45) is 1.31. The van der Waals surface area contributed by atoms with Crippen molar-refractivity contribution in [3.63, 3.8) is 0 Å². The van der Waals surface area contributed by atoms with E-state index in [1.165, 1.54) is 6.07 Å². The molecule has 1 N–H and O–H groups in total. The Hall–Kier alpha value is -1.38. The molecule has 108 valence electrons. The highest BCUT2D eigenvalue weighted by molar-refractivity contribution is 14.1. The summed E-state index contributed by atoms with van der Waals surface area (Å²) < 4.78 is 0.788. The lowest BCUT2D eigenvalue weighted by atomic mass is 9.82. The fraction of sp³-hybridized carbons (Fsp3) is 0.462. The van der Waals surface area contributed by atoms with Gasteiger partial charge in [-0.3, -0.25) is 14.9 Å². The van der Waals surface area contributed by atoms with Crippen LogP contribution in [-0.2, 0) is 4.79 Å². The minimum atomic E-state index is -0.852. The summed E-state index contributed by atoms with van der Waals surface area (Å²) in [4.78, 5) is 23.9. The number of hydrogen-bond acceptors (Lipinski definition) is 4. The first-order valence-corrected chi connectivity index (χ1v) is 7.34. The number of piperidine rings is 1. The first-order chi connectivity index (χ1) is 9.33. The van der Waals surface area contributed by atoms with Gasteiger partial charge in [-0.2, -0.15) is 0 Å². The van der Waals surface area contributed by atoms with Crippen molar-refractivity contribution >= 4 is 39.9 Å². The number of nitrogens with zero attached hydrogens (tertiary/aromatic N) is 2. The van der Waals surface area contributed by atoms with E-state index in [9.17, 15) is 20.0 Å². The smallest absolute Gasteiger partial charge is 0.311 e. The van der Waals surface area contributed by atoms with Gasteiger partial charge < -0.3 is 10.0 Å². The van der Waals surface area contributed by atoms with Crippen LogP contribution in [0.15, 0.2) is 18.2 Å². The number of nitro groups is 1. The third-order valence-corrected chi connectivity index (χ3v) is 4.36. The molecule has 1 saturated heterocycles. The number of rotatable bonds is 3. The number of aliphatic carboxylic acids is 1. The zero-order valence-electron chi connectivity index (χ0n) is 11.0. The lowest BCUT2D eigenvalue weighted by molar-refractivity contribution is -0.384. The fourth-order valence-electron chi connectivity index (χ4n) is 2.53. The summed E-state index contributed by atoms with van der Waals surface area (Å²) >= 11 is 2.03. The Kier molecular flexibility index (Phi) is 4.17. The Morgan fingerprint density at radius 3 is 2.85 bits per heavy atom. The molecule has 0 amide bonds. The standard InChI is InChI=1S/C13H15IN2O4/c1-13(12(17)18)5-2-6-15(8-13)10-4-3-9(14)7-11(10)16(19)20/h3-4,7H,2,5-6,8H2,1H3,(H,17,18). The monoisotopic (exact) mass is 390 g/mol. The van der Waals surface area contributed by atoms with Crippen LogP contribution in [0.4, 0.5) is 11.4 Å². The van der Waals surface area contributed by atoms with Crippen molar-refractivity contribution in [3.8, 4) is 0 Å². The van der Waals surface area contributed by atoms with Gasteiger partial charge in [0, 0.05) is 22.7 Å². The number of anilines is 1. The lowest BCUT2D eigenvalue weighted by Gasteiger charge is -2.38. The molecule has 0 aliphatic carbocycles. The van der Waals surface area contributed by atoms with Gasteiger partial charge in [-0.05, 0) is 54.5 Å². The van der Waals surface area contributed by atoms with Gasteiger partial charge in [-0.15, -0.1) is 0 Å². The summed E-state index contributed by atoms with van der Waals surface area (Å²) in [6, 6.07) is 5.02. The van der Waals surface area contributed by atoms with Crippen molar-refractivity contribution in [2.24, 2.45) is 5.41 Å². The van der Waals surface area contributed by atoms with Crippen LogP contribution in [0.25, 0.3) is 0 Å². The second kappa shape index (κ2) is 5.55. The van der Waals surface area contributed by atoms with E-state index < -0.39 is 16.3 Å². The average molecular weight is 390 g/mol. The Bertz CT molecular complexity index is 563. The highest BCUT2D eigenvalue weighted by atomic mass is 127. The van der Waals surface area contributed by atoms with Gasteiger partial charge in [0.2, 0.25) is 0 Å². The zero-order chi connectivity index (χ0) is 14.9. The molecule has 1 fully saturated rings. The quantitative estimate of drug-likeness (QED) is 0.488. The number of halogens is 1. The van der Waals surface area contributed by atoms with Crippen LogP contribution in [0.2, 0.25) is 0 Å². The van der Waals surface area contributed by atoms with E-state index >= 15 is 0 Å². The number of carbonyl (C=O) groups is 1. The van der Waals surface area contributed by atoms with Crippen LogP contribution >= 0.6 is 22.6 Å². The second-order valence-electron chi connectivity index (χ2n) is 5.28. The largest absolute Gasteiger partial charge is 0.481 e. The van der Waals surface area contributed by atoms with Crippen LogP contribution in [-0.4, -0.2) is 29.1 Å². The maximum absolute atomic E-state index is 11.4. The second-order valence-corrected chi connectivity index (χ2v) is 6.53. The highest BCUT2D eigenvalue weighted by Crippen LogP contribution is 2.37. The van der Waals surface area contributed by atoms with Crippen LogP contribution in [0.1, 0.15) is 19.8 Å². The van der Waals surface area contributed by atoms with Crippen molar-refractivity contribution < 1.29 is 14.8 Å². The number of benzene rings is 1. The van der Waals surface area contributed by atoms with E-state index in [0.29, 0.717) is 31.6 Å². The Labute approximate surface area is 130 Å². The van der Waals surface area contributed by atoms with Gasteiger partial charge in [-0.1, -0.05) is 0 Å². The average Bonchev–Trinajstić information content (AvgIpc) is 2.38. The van der Waals surface area contributed by atoms with E-state index in [-0.39, 0.29) is 5.69 Å². The highest BCUT2D eigenvalue weighted by Gasteiger charge is 2.39. The predicted molar refractivity (Wildman–Crippen MR) is 83.0 cm³/mol. The summed E-state index contributed by atoms with van der Waals surface area (Å²) in [5.41, 5.74) is -0.316. The summed E-state index contributed by atoms with van der Waals surface area (Å²) in [7, 11) is 0. The Balaban J connectivity index is 2.37. The molecule has 20 heavy (non-hydrogen) atoms. The maximum atomic E-state index is 11.4. The minimum Gasteiger partial charge on any atom is -0.481 e. The summed E-state index contributed by atoms with van der Waals surface area (Å²) in [5.74, 6) is -0.852. The SMILES string of the molecule is CC1(C(=O)O)CCCN(c2ccc(I)cc2[N+](=O)[O-])C1. The zero-order valence-corrected chi connectivity index (χ0v) is 13.2. The molecule has 1 aliphatic heterocycles. The molecule has 2 rings (SSSR count). The summed E-state index contributed by atoms with van der Waals surface area (Å²) in [6.45, 7) is 2.63. The lowest BCUT2D eigenvalue weighted by Crippen LogP contribution is -2.46. The molecule has 7 heteroatoms. The third-order valence-electron chi connectivity index (χ3n) is 3.69. The first kappa shape index (κ1) is 15.0. The molecule has 0 spiro atoms. The van der Waals surface area contributed by atoms with E-state index in [4.69, 9.17) is 0 Å². The first-order valence-electron chi connectivity index (χ1n) is 6.26. The van der Waals surface area contributed by atoms with Gasteiger partial charge in [-0.25, -0.2) is 0 Å². The molecule has 1 aliphatic rings. The van der Waals surface area contributed by atoms with Gasteiger partial charge in [0.1, 0.15) is 5.69 Å². The number of carboxylic acids is 1. The Morgan fingerprint density at radius 1 is 1.55 bits per heavy atom. The maximum Gasteiger partial charge on any atom is 0.311 e. The van der Waals surface area contributed by atoms with Crippen molar-refractivity contribution in [1.82, 2.24) is 0 Å². The normalized spacial score (nSPS) is 22.6. The van der Waals surface area contributed by atoms with Crippen molar-refractivity contribution in [2.75, 3.05) is 18.0 Å². The molecule has 6 nitrogen and oxygen atoms in total. The minimum absolute atomic E-state index is 0.0338. The summed E-state index contributed by atoms with van der Waals surface area (Å²) in [5, 5.41) is 20.5. The molecule has 1 aromatic carbocycles. The van der Waals surface area contributed by atoms with E-state index in [2.05, 4.69) is 0 Å². The number of carboxylic acid groups (broad SMARTS) is 1. The number of hydrogen-bond donors (Lipinski definition) is 1. The number of nitro benzene ring substituents is 1. The topological polar surface area (TPSA) is 83.7 Å². The molecule has 0 bridgehead atoms. The van der Waals surface area contributed by atoms with Crippen LogP contribution in [0, 0.1) is 19.1 Å². The van der Waals surface area contributed by atoms with Crippen LogP contribution in [0.5, 0.6) is 0 Å². The Morgan fingerprint density at radius 2 is 2.25 bits per heavy atom. The molecular formula is C13H15IN2O4. The molecule has 0 radical (unpaired) electrons. The van der Waals surface area contributed by atoms with Crippen molar-refractivity contribution in [1.29, 1.82) is 0 Å². The van der Waals surface area contributed by atoms with Crippen LogP contribution in [0.3, 0.4) is 0 Å².